The Morgan fingerprint density at radius 2 is 1.74 bits per heavy atom. The van der Waals surface area contributed by atoms with Crippen molar-refractivity contribution in [3.63, 3.8) is 0 Å². The lowest BCUT2D eigenvalue weighted by molar-refractivity contribution is -0.137. The smallest absolute Gasteiger partial charge is 0.238 e. The van der Waals surface area contributed by atoms with Crippen molar-refractivity contribution in [3.8, 4) is 0 Å². The van der Waals surface area contributed by atoms with Gasteiger partial charge < -0.3 is 10.2 Å². The van der Waals surface area contributed by atoms with Crippen LogP contribution in [0.5, 0.6) is 0 Å². The fourth-order valence-corrected chi connectivity index (χ4v) is 4.34. The molecule has 7 heteroatoms. The third-order valence-electron chi connectivity index (χ3n) is 6.39. The largest absolute Gasteiger partial charge is 0.340 e. The Labute approximate surface area is 183 Å². The number of carbonyl (C=O) groups excluding carboxylic acids is 2. The number of carbonyl (C=O) groups is 2. The van der Waals surface area contributed by atoms with Gasteiger partial charge >= 0.3 is 0 Å². The summed E-state index contributed by atoms with van der Waals surface area (Å²) in [5.41, 5.74) is 10.6. The Morgan fingerprint density at radius 3 is 2.48 bits per heavy atom. The lowest BCUT2D eigenvalue weighted by atomic mass is 9.93. The van der Waals surface area contributed by atoms with Crippen LogP contribution in [0.25, 0.3) is 0 Å². The summed E-state index contributed by atoms with van der Waals surface area (Å²) >= 11 is 0. The van der Waals surface area contributed by atoms with E-state index in [2.05, 4.69) is 33.2 Å². The molecule has 2 atom stereocenters. The zero-order valence-corrected chi connectivity index (χ0v) is 18.2. The van der Waals surface area contributed by atoms with Gasteiger partial charge in [-0.25, -0.2) is 5.43 Å². The van der Waals surface area contributed by atoms with Gasteiger partial charge in [0, 0.05) is 38.4 Å². The van der Waals surface area contributed by atoms with Crippen molar-refractivity contribution >= 4 is 17.5 Å². The molecule has 2 aliphatic heterocycles. The first-order chi connectivity index (χ1) is 15.0. The molecular weight excluding hydrogens is 390 g/mol. The molecule has 164 valence electrons. The van der Waals surface area contributed by atoms with Gasteiger partial charge in [0.15, 0.2) is 0 Å². The maximum absolute atomic E-state index is 13.2. The third-order valence-corrected chi connectivity index (χ3v) is 6.39. The van der Waals surface area contributed by atoms with Gasteiger partial charge in [0.2, 0.25) is 11.8 Å². The highest BCUT2D eigenvalue weighted by molar-refractivity contribution is 5.93. The molecule has 2 fully saturated rings. The highest BCUT2D eigenvalue weighted by Crippen LogP contribution is 2.26. The summed E-state index contributed by atoms with van der Waals surface area (Å²) in [7, 11) is 0. The maximum Gasteiger partial charge on any atom is 0.238 e. The number of hydrogen-bond donors (Lipinski definition) is 3. The molecule has 2 saturated heterocycles. The monoisotopic (exact) mass is 421 g/mol. The van der Waals surface area contributed by atoms with Gasteiger partial charge in [-0.2, -0.15) is 0 Å². The van der Waals surface area contributed by atoms with E-state index >= 15 is 0 Å². The summed E-state index contributed by atoms with van der Waals surface area (Å²) in [6, 6.07) is 16.0. The number of piperazine rings is 1. The van der Waals surface area contributed by atoms with E-state index in [0.717, 1.165) is 22.4 Å². The van der Waals surface area contributed by atoms with E-state index in [0.29, 0.717) is 39.3 Å². The topological polar surface area (TPSA) is 76.7 Å². The van der Waals surface area contributed by atoms with Crippen LogP contribution in [0.4, 0.5) is 5.69 Å². The molecule has 2 heterocycles. The number of hydrazine groups is 1. The molecule has 0 aliphatic carbocycles. The molecule has 4 rings (SSSR count). The summed E-state index contributed by atoms with van der Waals surface area (Å²) in [6.07, 6.45) is 0. The average Bonchev–Trinajstić information content (AvgIpc) is 3.27. The fraction of sp³-hybridized carbons (Fsp3) is 0.417. The summed E-state index contributed by atoms with van der Waals surface area (Å²) < 4.78 is 0. The van der Waals surface area contributed by atoms with Crippen LogP contribution >= 0.6 is 0 Å². The maximum atomic E-state index is 13.2. The summed E-state index contributed by atoms with van der Waals surface area (Å²) in [4.78, 5) is 29.7. The fourth-order valence-electron chi connectivity index (χ4n) is 4.34. The van der Waals surface area contributed by atoms with E-state index in [4.69, 9.17) is 0 Å². The van der Waals surface area contributed by atoms with Crippen molar-refractivity contribution in [1.82, 2.24) is 20.7 Å². The van der Waals surface area contributed by atoms with Crippen molar-refractivity contribution in [3.05, 3.63) is 65.2 Å². The van der Waals surface area contributed by atoms with E-state index in [9.17, 15) is 9.59 Å². The lowest BCUT2D eigenvalue weighted by Crippen LogP contribution is -2.52. The summed E-state index contributed by atoms with van der Waals surface area (Å²) in [5, 5.41) is 3.02. The van der Waals surface area contributed by atoms with Gasteiger partial charge in [-0.1, -0.05) is 42.5 Å². The van der Waals surface area contributed by atoms with E-state index in [1.165, 1.54) is 0 Å². The minimum absolute atomic E-state index is 0.0122. The van der Waals surface area contributed by atoms with Crippen molar-refractivity contribution < 1.29 is 9.59 Å². The Hall–Kier alpha value is -2.74. The number of benzene rings is 2. The van der Waals surface area contributed by atoms with Gasteiger partial charge in [0.05, 0.1) is 18.5 Å². The second-order valence-corrected chi connectivity index (χ2v) is 8.42. The van der Waals surface area contributed by atoms with Gasteiger partial charge in [0.1, 0.15) is 0 Å². The number of anilines is 1. The minimum atomic E-state index is -0.124. The number of amides is 2. The van der Waals surface area contributed by atoms with Crippen molar-refractivity contribution in [2.24, 2.45) is 5.92 Å². The summed E-state index contributed by atoms with van der Waals surface area (Å²) in [6.45, 7) is 7.72. The molecule has 2 aromatic carbocycles. The quantitative estimate of drug-likeness (QED) is 0.687. The van der Waals surface area contributed by atoms with Gasteiger partial charge in [-0.05, 0) is 36.6 Å². The molecule has 2 unspecified atom stereocenters. The van der Waals surface area contributed by atoms with Crippen molar-refractivity contribution in [2.75, 3.05) is 44.6 Å². The molecule has 2 aromatic rings. The second kappa shape index (κ2) is 9.60. The number of rotatable bonds is 5. The van der Waals surface area contributed by atoms with Crippen LogP contribution in [-0.4, -0.2) is 60.9 Å². The Bertz CT molecular complexity index is 925. The Balaban J connectivity index is 1.29. The van der Waals surface area contributed by atoms with Crippen molar-refractivity contribution in [2.45, 2.75) is 19.9 Å². The van der Waals surface area contributed by atoms with E-state index < -0.39 is 0 Å². The Kier molecular flexibility index (Phi) is 6.65. The molecule has 31 heavy (non-hydrogen) atoms. The summed E-state index contributed by atoms with van der Waals surface area (Å²) in [5.74, 6) is 0.0363. The first-order valence-corrected chi connectivity index (χ1v) is 10.9. The van der Waals surface area contributed by atoms with Crippen LogP contribution in [0.15, 0.2) is 48.5 Å². The minimum Gasteiger partial charge on any atom is -0.340 e. The van der Waals surface area contributed by atoms with E-state index in [1.54, 1.807) is 0 Å². The molecule has 0 spiro atoms. The normalized spacial score (nSPS) is 21.8. The third kappa shape index (κ3) is 4.95. The number of hydrogen-bond acceptors (Lipinski definition) is 5. The molecule has 7 nitrogen and oxygen atoms in total. The highest BCUT2D eigenvalue weighted by atomic mass is 16.2. The predicted molar refractivity (Wildman–Crippen MR) is 121 cm³/mol. The van der Waals surface area contributed by atoms with Crippen LogP contribution in [-0.2, 0) is 9.59 Å². The van der Waals surface area contributed by atoms with Crippen LogP contribution < -0.4 is 16.2 Å². The molecule has 2 aliphatic rings. The molecule has 3 N–H and O–H groups in total. The van der Waals surface area contributed by atoms with Crippen LogP contribution in [0.1, 0.15) is 22.7 Å². The second-order valence-electron chi connectivity index (χ2n) is 8.42. The molecule has 2 amide bonds. The number of aryl methyl sites for hydroxylation is 1. The zero-order chi connectivity index (χ0) is 21.8. The molecule has 0 aromatic heterocycles. The Morgan fingerprint density at radius 1 is 1.00 bits per heavy atom. The zero-order valence-electron chi connectivity index (χ0n) is 18.2. The molecule has 0 bridgehead atoms. The predicted octanol–water partition coefficient (Wildman–Crippen LogP) is 1.85. The molecule has 0 saturated carbocycles. The van der Waals surface area contributed by atoms with Crippen LogP contribution in [0.3, 0.4) is 0 Å². The van der Waals surface area contributed by atoms with Gasteiger partial charge in [-0.15, -0.1) is 0 Å². The van der Waals surface area contributed by atoms with E-state index in [-0.39, 0.29) is 23.8 Å². The lowest BCUT2D eigenvalue weighted by Gasteiger charge is -2.36. The van der Waals surface area contributed by atoms with E-state index in [1.807, 2.05) is 55.1 Å². The van der Waals surface area contributed by atoms with Crippen LogP contribution in [0.2, 0.25) is 0 Å². The molecular formula is C24H31N5O2. The molecule has 0 radical (unpaired) electrons. The first kappa shape index (κ1) is 21.5. The standard InChI is InChI=1S/C24H31N5O2/c1-17-7-6-10-21(18(17)2)26-22(30)16-28-11-13-29(14-12-28)24(31)20-15-25-27-23(20)19-8-4-3-5-9-19/h3-10,20,23,25,27H,11-16H2,1-2H3,(H,26,30). The van der Waals surface area contributed by atoms with Gasteiger partial charge in [0.25, 0.3) is 0 Å². The van der Waals surface area contributed by atoms with Crippen LogP contribution in [0, 0.1) is 19.8 Å². The van der Waals surface area contributed by atoms with Gasteiger partial charge in [-0.3, -0.25) is 19.9 Å². The SMILES string of the molecule is Cc1cccc(NC(=O)CN2CCN(C(=O)C3CNNC3c3ccccc3)CC2)c1C. The van der Waals surface area contributed by atoms with Crippen molar-refractivity contribution in [1.29, 1.82) is 0 Å². The highest BCUT2D eigenvalue weighted by Gasteiger charge is 2.37. The number of nitrogens with one attached hydrogen (secondary N) is 3. The average molecular weight is 422 g/mol. The first-order valence-electron chi connectivity index (χ1n) is 10.9. The number of nitrogens with zero attached hydrogens (tertiary/aromatic N) is 2.